The van der Waals surface area contributed by atoms with Crippen molar-refractivity contribution in [1.82, 2.24) is 25.3 Å². The smallest absolute Gasteiger partial charge is 0.416 e. The molecule has 224 valence electrons. The summed E-state index contributed by atoms with van der Waals surface area (Å²) in [7, 11) is -3.94. The molecule has 0 saturated heterocycles. The molecule has 0 bridgehead atoms. The molecule has 0 aliphatic rings. The maximum Gasteiger partial charge on any atom is 0.416 e. The molecule has 0 radical (unpaired) electrons. The zero-order valence-electron chi connectivity index (χ0n) is 22.1. The normalized spacial score (nSPS) is 13.7. The van der Waals surface area contributed by atoms with E-state index in [0.29, 0.717) is 27.2 Å². The van der Waals surface area contributed by atoms with Gasteiger partial charge in [0.15, 0.2) is 0 Å². The number of aromatic nitrogens is 4. The number of carboxylic acids is 1. The van der Waals surface area contributed by atoms with Gasteiger partial charge in [-0.3, -0.25) is 4.79 Å². The minimum absolute atomic E-state index is 0.0511. The summed E-state index contributed by atoms with van der Waals surface area (Å²) in [6.07, 6.45) is -3.29. The highest BCUT2D eigenvalue weighted by Gasteiger charge is 2.32. The summed E-state index contributed by atoms with van der Waals surface area (Å²) in [5, 5.41) is 25.3. The minimum Gasteiger partial charge on any atom is -0.487 e. The number of amides is 1. The Balaban J connectivity index is 1.43. The van der Waals surface area contributed by atoms with Crippen LogP contribution in [0.3, 0.4) is 0 Å². The zero-order valence-corrected chi connectivity index (χ0v) is 23.7. The van der Waals surface area contributed by atoms with Gasteiger partial charge in [0.1, 0.15) is 30.1 Å². The van der Waals surface area contributed by atoms with Crippen LogP contribution >= 0.6 is 11.3 Å². The summed E-state index contributed by atoms with van der Waals surface area (Å²) in [4.78, 5) is 29.0. The topological polar surface area (TPSA) is 179 Å². The number of nitrogens with zero attached hydrogens (tertiary/aromatic N) is 4. The number of sulfonamides is 1. The first-order valence-corrected chi connectivity index (χ1v) is 14.6. The van der Waals surface area contributed by atoms with Crippen molar-refractivity contribution in [3.63, 3.8) is 0 Å². The third-order valence-corrected chi connectivity index (χ3v) is 8.39. The SMILES string of the molecule is CC(C)[C@@H](C(=O)N[C@@H](Cc1ccc(C(F)(F)F)cc1)C(=O)O)n1cc(COc2ccc3nc(S(N)(=O)=O)sc3c2)nn1. The molecule has 0 fully saturated rings. The van der Waals surface area contributed by atoms with Crippen LogP contribution in [0.2, 0.25) is 0 Å². The number of carbonyl (C=O) groups excluding carboxylic acids is 1. The van der Waals surface area contributed by atoms with E-state index in [1.165, 1.54) is 23.0 Å². The van der Waals surface area contributed by atoms with Gasteiger partial charge >= 0.3 is 12.1 Å². The number of rotatable bonds is 11. The lowest BCUT2D eigenvalue weighted by Crippen LogP contribution is -2.46. The number of hydrogen-bond donors (Lipinski definition) is 3. The lowest BCUT2D eigenvalue weighted by molar-refractivity contribution is -0.142. The van der Waals surface area contributed by atoms with Crippen molar-refractivity contribution in [2.45, 2.75) is 49.5 Å². The average Bonchev–Trinajstić information content (AvgIpc) is 3.53. The number of halogens is 3. The van der Waals surface area contributed by atoms with E-state index in [4.69, 9.17) is 9.88 Å². The predicted molar refractivity (Wildman–Crippen MR) is 144 cm³/mol. The number of primary sulfonamides is 1. The number of carbonyl (C=O) groups is 2. The Morgan fingerprint density at radius 1 is 1.17 bits per heavy atom. The third-order valence-electron chi connectivity index (χ3n) is 6.05. The van der Waals surface area contributed by atoms with E-state index in [1.807, 2.05) is 0 Å². The standard InChI is InChI=1S/C25H25F3N6O6S2/c1-13(2)21(22(35)30-19(23(36)37)9-14-3-5-15(6-4-14)25(26,27)28)34-11-16(32-33-34)12-40-17-7-8-18-20(10-17)41-24(31-18)42(29,38)39/h3-8,10-11,13,19,21H,9,12H2,1-2H3,(H,30,35)(H,36,37)(H2,29,38,39)/t19-,21-/m0/s1. The number of nitrogens with two attached hydrogens (primary N) is 1. The molecule has 4 aromatic rings. The van der Waals surface area contributed by atoms with Crippen molar-refractivity contribution < 1.29 is 41.0 Å². The van der Waals surface area contributed by atoms with Crippen LogP contribution in [0.25, 0.3) is 10.2 Å². The first-order valence-electron chi connectivity index (χ1n) is 12.3. The summed E-state index contributed by atoms with van der Waals surface area (Å²) < 4.78 is 69.0. The second kappa shape index (κ2) is 12.0. The number of fused-ring (bicyclic) bond motifs is 1. The number of benzene rings is 2. The molecule has 0 unspecified atom stereocenters. The van der Waals surface area contributed by atoms with E-state index in [9.17, 15) is 36.3 Å². The highest BCUT2D eigenvalue weighted by molar-refractivity contribution is 7.91. The fraction of sp³-hybridized carbons (Fsp3) is 0.320. The maximum atomic E-state index is 13.2. The monoisotopic (exact) mass is 626 g/mol. The lowest BCUT2D eigenvalue weighted by Gasteiger charge is -2.23. The van der Waals surface area contributed by atoms with E-state index in [2.05, 4.69) is 20.6 Å². The van der Waals surface area contributed by atoms with E-state index < -0.39 is 45.7 Å². The van der Waals surface area contributed by atoms with Gasteiger partial charge in [0.25, 0.3) is 10.0 Å². The van der Waals surface area contributed by atoms with Crippen molar-refractivity contribution in [2.75, 3.05) is 0 Å². The highest BCUT2D eigenvalue weighted by atomic mass is 32.2. The molecule has 0 saturated carbocycles. The van der Waals surface area contributed by atoms with Crippen LogP contribution in [0.4, 0.5) is 13.2 Å². The molecule has 17 heteroatoms. The summed E-state index contributed by atoms with van der Waals surface area (Å²) in [6.45, 7) is 3.41. The van der Waals surface area contributed by atoms with Crippen LogP contribution in [0.15, 0.2) is 53.0 Å². The number of nitrogens with one attached hydrogen (secondary N) is 1. The predicted octanol–water partition coefficient (Wildman–Crippen LogP) is 3.14. The maximum absolute atomic E-state index is 13.2. The molecule has 2 heterocycles. The van der Waals surface area contributed by atoms with Gasteiger partial charge in [-0.15, -0.1) is 16.4 Å². The number of thiazole rings is 1. The molecule has 2 aromatic carbocycles. The Morgan fingerprint density at radius 3 is 2.45 bits per heavy atom. The van der Waals surface area contributed by atoms with Gasteiger partial charge in [0, 0.05) is 6.42 Å². The van der Waals surface area contributed by atoms with Crippen LogP contribution in [0.1, 0.15) is 36.7 Å². The quantitative estimate of drug-likeness (QED) is 0.225. The number of alkyl halides is 3. The van der Waals surface area contributed by atoms with E-state index in [1.54, 1.807) is 32.0 Å². The van der Waals surface area contributed by atoms with Crippen molar-refractivity contribution in [1.29, 1.82) is 0 Å². The summed E-state index contributed by atoms with van der Waals surface area (Å²) in [5.74, 6) is -1.97. The molecular formula is C25H25F3N6O6S2. The summed E-state index contributed by atoms with van der Waals surface area (Å²) >= 11 is 0.896. The molecule has 12 nitrogen and oxygen atoms in total. The number of hydrogen-bond acceptors (Lipinski definition) is 9. The van der Waals surface area contributed by atoms with Crippen molar-refractivity contribution in [2.24, 2.45) is 11.1 Å². The second-order valence-electron chi connectivity index (χ2n) is 9.62. The van der Waals surface area contributed by atoms with E-state index in [0.717, 1.165) is 23.5 Å². The van der Waals surface area contributed by atoms with Crippen molar-refractivity contribution in [3.05, 3.63) is 65.5 Å². The van der Waals surface area contributed by atoms with Crippen LogP contribution in [0.5, 0.6) is 5.75 Å². The first kappa shape index (κ1) is 30.9. The average molecular weight is 627 g/mol. The number of aliphatic carboxylic acids is 1. The Kier molecular flexibility index (Phi) is 8.84. The van der Waals surface area contributed by atoms with Crippen LogP contribution < -0.4 is 15.2 Å². The van der Waals surface area contributed by atoms with E-state index in [-0.39, 0.29) is 23.3 Å². The first-order chi connectivity index (χ1) is 19.6. The van der Waals surface area contributed by atoms with Crippen molar-refractivity contribution in [3.8, 4) is 5.75 Å². The van der Waals surface area contributed by atoms with Gasteiger partial charge < -0.3 is 15.2 Å². The second-order valence-corrected chi connectivity index (χ2v) is 12.4. The van der Waals surface area contributed by atoms with Crippen LogP contribution in [0, 0.1) is 5.92 Å². The third kappa shape index (κ3) is 7.40. The largest absolute Gasteiger partial charge is 0.487 e. The highest BCUT2D eigenvalue weighted by Crippen LogP contribution is 2.30. The molecule has 4 N–H and O–H groups in total. The summed E-state index contributed by atoms with van der Waals surface area (Å²) in [6, 6.07) is 6.44. The van der Waals surface area contributed by atoms with Crippen LogP contribution in [-0.2, 0) is 38.8 Å². The number of ether oxygens (including phenoxy) is 1. The van der Waals surface area contributed by atoms with Crippen LogP contribution in [-0.4, -0.2) is 51.4 Å². The Labute approximate surface area is 241 Å². The number of carboxylic acid groups (broad SMARTS) is 1. The lowest BCUT2D eigenvalue weighted by atomic mass is 10.0. The molecular weight excluding hydrogens is 601 g/mol. The fourth-order valence-electron chi connectivity index (χ4n) is 4.02. The zero-order chi connectivity index (χ0) is 30.8. The molecule has 0 aliphatic heterocycles. The Hall–Kier alpha value is -4.09. The molecule has 4 rings (SSSR count). The van der Waals surface area contributed by atoms with Gasteiger partial charge in [-0.1, -0.05) is 31.2 Å². The Morgan fingerprint density at radius 2 is 1.86 bits per heavy atom. The van der Waals surface area contributed by atoms with Gasteiger partial charge in [-0.25, -0.2) is 28.0 Å². The summed E-state index contributed by atoms with van der Waals surface area (Å²) in [5.41, 5.74) is 0.219. The fourth-order valence-corrected chi connectivity index (χ4v) is 5.70. The van der Waals surface area contributed by atoms with Gasteiger partial charge in [-0.05, 0) is 41.8 Å². The molecule has 1 amide bonds. The van der Waals surface area contributed by atoms with E-state index >= 15 is 0 Å². The molecule has 0 spiro atoms. The Bertz CT molecular complexity index is 1700. The minimum atomic E-state index is -4.53. The van der Waals surface area contributed by atoms with Gasteiger partial charge in [-0.2, -0.15) is 13.2 Å². The molecule has 2 aromatic heterocycles. The molecule has 42 heavy (non-hydrogen) atoms. The molecule has 2 atom stereocenters. The van der Waals surface area contributed by atoms with Gasteiger partial charge in [0.2, 0.25) is 10.2 Å². The molecule has 0 aliphatic carbocycles. The van der Waals surface area contributed by atoms with Crippen molar-refractivity contribution >= 4 is 43.5 Å². The van der Waals surface area contributed by atoms with Gasteiger partial charge in [0.05, 0.1) is 22.0 Å².